The fraction of sp³-hybridized carbons (Fsp3) is 0.800. The van der Waals surface area contributed by atoms with Crippen LogP contribution in [0.2, 0.25) is 0 Å². The largest absolute Gasteiger partial charge is 0.477 e. The molecular weight excluding hydrogens is 330 g/mol. The molecule has 24 heavy (non-hydrogen) atoms. The number of hydrogen-bond donors (Lipinski definition) is 1. The van der Waals surface area contributed by atoms with Gasteiger partial charge in [-0.2, -0.15) is 8.78 Å². The zero-order chi connectivity index (χ0) is 18.0. The first-order valence-corrected chi connectivity index (χ1v) is 7.70. The summed E-state index contributed by atoms with van der Waals surface area (Å²) in [5, 5.41) is 8.82. The third-order valence-corrected chi connectivity index (χ3v) is 5.42. The minimum Gasteiger partial charge on any atom is -0.477 e. The summed E-state index contributed by atoms with van der Waals surface area (Å²) >= 11 is 0. The van der Waals surface area contributed by atoms with E-state index >= 15 is 0 Å². The van der Waals surface area contributed by atoms with E-state index in [9.17, 15) is 23.2 Å². The van der Waals surface area contributed by atoms with E-state index in [2.05, 4.69) is 0 Å². The average molecular weight is 348 g/mol. The van der Waals surface area contributed by atoms with E-state index in [4.69, 9.17) is 19.3 Å². The molecule has 3 fully saturated rings. The van der Waals surface area contributed by atoms with E-state index in [1.54, 1.807) is 0 Å². The minimum absolute atomic E-state index is 0.306. The van der Waals surface area contributed by atoms with Gasteiger partial charge in [0.15, 0.2) is 5.60 Å². The van der Waals surface area contributed by atoms with Gasteiger partial charge in [-0.3, -0.25) is 9.59 Å². The molecule has 6 unspecified atom stereocenters. The summed E-state index contributed by atoms with van der Waals surface area (Å²) in [5.74, 6) is -11.2. The second kappa shape index (κ2) is 5.11. The van der Waals surface area contributed by atoms with Crippen molar-refractivity contribution in [3.8, 4) is 0 Å². The van der Waals surface area contributed by atoms with Crippen molar-refractivity contribution >= 4 is 17.9 Å². The maximum Gasteiger partial charge on any atom is 0.381 e. The number of carbonyl (C=O) groups is 3. The lowest BCUT2D eigenvalue weighted by Gasteiger charge is -2.38. The Morgan fingerprint density at radius 1 is 1.33 bits per heavy atom. The number of alkyl halides is 2. The van der Waals surface area contributed by atoms with Gasteiger partial charge in [0.25, 0.3) is 0 Å². The van der Waals surface area contributed by atoms with Crippen molar-refractivity contribution in [3.05, 3.63) is 0 Å². The molecular formula is C15H18F2O7. The van der Waals surface area contributed by atoms with Crippen LogP contribution in [0.3, 0.4) is 0 Å². The Labute approximate surface area is 136 Å². The molecule has 0 aromatic carbocycles. The van der Waals surface area contributed by atoms with E-state index in [1.165, 1.54) is 13.8 Å². The number of hydrogen-bond acceptors (Lipinski definition) is 6. The average Bonchev–Trinajstić information content (AvgIpc) is 3.07. The monoisotopic (exact) mass is 348 g/mol. The highest BCUT2D eigenvalue weighted by Gasteiger charge is 2.68. The number of aliphatic carboxylic acids is 1. The number of esters is 2. The molecule has 0 radical (unpaired) electrons. The molecule has 6 atom stereocenters. The Bertz CT molecular complexity index is 603. The van der Waals surface area contributed by atoms with Gasteiger partial charge in [0.1, 0.15) is 18.1 Å². The third kappa shape index (κ3) is 2.06. The van der Waals surface area contributed by atoms with Gasteiger partial charge in [-0.15, -0.1) is 0 Å². The molecule has 0 aliphatic carbocycles. The molecule has 0 amide bonds. The number of fused-ring (bicyclic) bond motifs is 1. The highest BCUT2D eigenvalue weighted by molar-refractivity contribution is 5.87. The Hall–Kier alpha value is -1.77. The molecule has 3 aliphatic heterocycles. The number of rotatable bonds is 5. The molecule has 0 saturated carbocycles. The molecule has 3 heterocycles. The molecule has 1 N–H and O–H groups in total. The Kier molecular flexibility index (Phi) is 3.63. The van der Waals surface area contributed by atoms with Gasteiger partial charge < -0.3 is 19.3 Å². The van der Waals surface area contributed by atoms with Crippen LogP contribution in [-0.2, 0) is 28.6 Å². The predicted octanol–water partition coefficient (Wildman–Crippen LogP) is 0.993. The van der Waals surface area contributed by atoms with Crippen LogP contribution in [0.15, 0.2) is 0 Å². The molecule has 0 aromatic heterocycles. The Balaban J connectivity index is 1.85. The number of carboxylic acid groups (broad SMARTS) is 1. The standard InChI is InChI=1S/C15H18F2O7/c1-5(2)14(3,15(16,17)13(20)21)24-12(19)8-6-4-7-10(22-6)9(8)11(18)23-7/h5-10H,4H2,1-3H3,(H,20,21). The lowest BCUT2D eigenvalue weighted by molar-refractivity contribution is -0.232. The zero-order valence-corrected chi connectivity index (χ0v) is 13.3. The summed E-state index contributed by atoms with van der Waals surface area (Å²) in [6.45, 7) is 3.55. The molecule has 3 rings (SSSR count). The summed E-state index contributed by atoms with van der Waals surface area (Å²) in [5.41, 5.74) is -2.56. The van der Waals surface area contributed by atoms with E-state index in [-0.39, 0.29) is 0 Å². The van der Waals surface area contributed by atoms with E-state index in [0.29, 0.717) is 6.42 Å². The summed E-state index contributed by atoms with van der Waals surface area (Å²) < 4.78 is 43.9. The van der Waals surface area contributed by atoms with Crippen molar-refractivity contribution < 1.29 is 42.5 Å². The topological polar surface area (TPSA) is 99.1 Å². The third-order valence-electron chi connectivity index (χ3n) is 5.42. The van der Waals surface area contributed by atoms with Crippen LogP contribution in [-0.4, -0.2) is 52.8 Å². The molecule has 134 valence electrons. The van der Waals surface area contributed by atoms with Gasteiger partial charge in [-0.1, -0.05) is 13.8 Å². The van der Waals surface area contributed by atoms with E-state index in [1.807, 2.05) is 0 Å². The van der Waals surface area contributed by atoms with Crippen molar-refractivity contribution in [3.63, 3.8) is 0 Å². The fourth-order valence-corrected chi connectivity index (χ4v) is 3.65. The van der Waals surface area contributed by atoms with Crippen LogP contribution >= 0.6 is 0 Å². The summed E-state index contributed by atoms with van der Waals surface area (Å²) in [6, 6.07) is 0. The highest BCUT2D eigenvalue weighted by Crippen LogP contribution is 2.51. The number of halogens is 2. The van der Waals surface area contributed by atoms with Crippen LogP contribution in [0.4, 0.5) is 8.78 Å². The normalized spacial score (nSPS) is 36.6. The molecule has 0 spiro atoms. The van der Waals surface area contributed by atoms with Crippen molar-refractivity contribution in [1.29, 1.82) is 0 Å². The second-order valence-electron chi connectivity index (χ2n) is 6.96. The lowest BCUT2D eigenvalue weighted by Crippen LogP contribution is -2.58. The summed E-state index contributed by atoms with van der Waals surface area (Å²) in [4.78, 5) is 35.3. The molecule has 0 aromatic rings. The molecule has 3 aliphatic rings. The van der Waals surface area contributed by atoms with Crippen LogP contribution in [0.1, 0.15) is 27.2 Å². The maximum atomic E-state index is 14.1. The van der Waals surface area contributed by atoms with Crippen molar-refractivity contribution in [1.82, 2.24) is 0 Å². The molecule has 2 bridgehead atoms. The molecule has 7 nitrogen and oxygen atoms in total. The SMILES string of the molecule is CC(C)C(C)(OC(=O)C1C2CC3OC(=O)C1C3O2)C(F)(F)C(=O)O. The molecule has 9 heteroatoms. The predicted molar refractivity (Wildman–Crippen MR) is 72.1 cm³/mol. The van der Waals surface area contributed by atoms with Crippen LogP contribution < -0.4 is 0 Å². The first kappa shape index (κ1) is 17.1. The molecule has 3 saturated heterocycles. The van der Waals surface area contributed by atoms with E-state index < -0.39 is 65.5 Å². The first-order valence-electron chi connectivity index (χ1n) is 7.70. The van der Waals surface area contributed by atoms with Crippen molar-refractivity contribution in [2.75, 3.05) is 0 Å². The van der Waals surface area contributed by atoms with Gasteiger partial charge in [0.2, 0.25) is 0 Å². The number of carboxylic acids is 1. The van der Waals surface area contributed by atoms with Gasteiger partial charge >= 0.3 is 23.8 Å². The van der Waals surface area contributed by atoms with Gasteiger partial charge in [-0.25, -0.2) is 4.79 Å². The van der Waals surface area contributed by atoms with Crippen LogP contribution in [0.5, 0.6) is 0 Å². The lowest BCUT2D eigenvalue weighted by atomic mass is 9.79. The Morgan fingerprint density at radius 3 is 2.50 bits per heavy atom. The van der Waals surface area contributed by atoms with Crippen molar-refractivity contribution in [2.45, 2.75) is 57.0 Å². The number of ether oxygens (including phenoxy) is 3. The minimum atomic E-state index is -4.28. The van der Waals surface area contributed by atoms with Crippen molar-refractivity contribution in [2.24, 2.45) is 17.8 Å². The maximum absolute atomic E-state index is 14.1. The van der Waals surface area contributed by atoms with Crippen LogP contribution in [0, 0.1) is 17.8 Å². The first-order chi connectivity index (χ1) is 11.0. The van der Waals surface area contributed by atoms with Gasteiger partial charge in [0.05, 0.1) is 12.0 Å². The van der Waals surface area contributed by atoms with E-state index in [0.717, 1.165) is 6.92 Å². The second-order valence-corrected chi connectivity index (χ2v) is 6.96. The number of carbonyl (C=O) groups excluding carboxylic acids is 2. The van der Waals surface area contributed by atoms with Crippen LogP contribution in [0.25, 0.3) is 0 Å². The fourth-order valence-electron chi connectivity index (χ4n) is 3.65. The van der Waals surface area contributed by atoms with Gasteiger partial charge in [-0.05, 0) is 12.8 Å². The summed E-state index contributed by atoms with van der Waals surface area (Å²) in [6.07, 6.45) is -1.31. The zero-order valence-electron chi connectivity index (χ0n) is 13.3. The Morgan fingerprint density at radius 2 is 1.96 bits per heavy atom. The summed E-state index contributed by atoms with van der Waals surface area (Å²) in [7, 11) is 0. The van der Waals surface area contributed by atoms with Gasteiger partial charge in [0, 0.05) is 6.42 Å². The highest BCUT2D eigenvalue weighted by atomic mass is 19.3. The smallest absolute Gasteiger partial charge is 0.381 e. The quantitative estimate of drug-likeness (QED) is 0.740.